The Balaban J connectivity index is 1.43. The fraction of sp³-hybridized carbons (Fsp3) is 0.368. The number of benzene rings is 1. The second-order valence-electron chi connectivity index (χ2n) is 7.67. The van der Waals surface area contributed by atoms with Crippen LogP contribution in [0.4, 0.5) is 4.79 Å². The van der Waals surface area contributed by atoms with E-state index >= 15 is 0 Å². The molecule has 11 heteroatoms. The number of amides is 1. The van der Waals surface area contributed by atoms with Gasteiger partial charge in [-0.2, -0.15) is 4.37 Å². The summed E-state index contributed by atoms with van der Waals surface area (Å²) in [5.74, 6) is 1.08. The highest BCUT2D eigenvalue weighted by Gasteiger charge is 2.25. The average Bonchev–Trinajstić information content (AvgIpc) is 3.40. The number of carbonyl (C=O) groups excluding carboxylic acids is 1. The molecule has 0 N–H and O–H groups in total. The van der Waals surface area contributed by atoms with E-state index in [1.807, 2.05) is 51.1 Å². The lowest BCUT2D eigenvalue weighted by Gasteiger charge is -2.29. The van der Waals surface area contributed by atoms with Gasteiger partial charge in [-0.3, -0.25) is 0 Å². The minimum absolute atomic E-state index is 0.312. The normalized spacial score (nSPS) is 14.4. The third-order valence-corrected chi connectivity index (χ3v) is 4.80. The first-order chi connectivity index (χ1) is 14.4. The summed E-state index contributed by atoms with van der Waals surface area (Å²) in [5, 5.41) is 11.1. The quantitative estimate of drug-likeness (QED) is 0.624. The van der Waals surface area contributed by atoms with Crippen molar-refractivity contribution in [3.05, 3.63) is 42.4 Å². The SMILES string of the molecule is CC(C)(C)OC(=O)N1CC=C(c2nsnc2Oc2ccc(-n3cnnn3)cc2)CC1. The second kappa shape index (κ2) is 8.19. The fourth-order valence-corrected chi connectivity index (χ4v) is 3.39. The van der Waals surface area contributed by atoms with Crippen LogP contribution in [0.15, 0.2) is 36.7 Å². The topological polar surface area (TPSA) is 108 Å². The van der Waals surface area contributed by atoms with Gasteiger partial charge >= 0.3 is 6.09 Å². The number of ether oxygens (including phenoxy) is 2. The molecular weight excluding hydrogens is 406 g/mol. The Bertz CT molecular complexity index is 1040. The van der Waals surface area contributed by atoms with Crippen molar-refractivity contribution in [2.24, 2.45) is 0 Å². The Morgan fingerprint density at radius 2 is 1.97 bits per heavy atom. The highest BCUT2D eigenvalue weighted by atomic mass is 32.1. The van der Waals surface area contributed by atoms with E-state index in [1.54, 1.807) is 9.58 Å². The molecular formula is C19H21N7O3S. The minimum atomic E-state index is -0.513. The Labute approximate surface area is 177 Å². The van der Waals surface area contributed by atoms with Gasteiger partial charge in [0.1, 0.15) is 23.4 Å². The van der Waals surface area contributed by atoms with E-state index in [-0.39, 0.29) is 6.09 Å². The third kappa shape index (κ3) is 4.62. The Morgan fingerprint density at radius 3 is 2.60 bits per heavy atom. The molecule has 0 aliphatic carbocycles. The second-order valence-corrected chi connectivity index (χ2v) is 8.20. The van der Waals surface area contributed by atoms with Crippen molar-refractivity contribution in [1.82, 2.24) is 33.9 Å². The minimum Gasteiger partial charge on any atom is -0.444 e. The number of tetrazole rings is 1. The molecule has 2 aromatic heterocycles. The molecule has 10 nitrogen and oxygen atoms in total. The standard InChI is InChI=1S/C19H21N7O3S/c1-19(2,3)29-18(27)25-10-8-13(9-11-25)16-17(22-30-21-16)28-15-6-4-14(5-7-15)26-12-20-23-24-26/h4-8,12H,9-11H2,1-3H3. The molecule has 1 aliphatic heterocycles. The molecule has 30 heavy (non-hydrogen) atoms. The zero-order chi connectivity index (χ0) is 21.1. The van der Waals surface area contributed by atoms with Gasteiger partial charge in [-0.15, -0.1) is 9.47 Å². The maximum atomic E-state index is 12.2. The number of hydrogen-bond acceptors (Lipinski definition) is 9. The molecule has 1 aromatic carbocycles. The lowest BCUT2D eigenvalue weighted by molar-refractivity contribution is 0.0270. The smallest absolute Gasteiger partial charge is 0.410 e. The Morgan fingerprint density at radius 1 is 1.17 bits per heavy atom. The van der Waals surface area contributed by atoms with Crippen LogP contribution in [0.1, 0.15) is 32.9 Å². The van der Waals surface area contributed by atoms with Gasteiger partial charge in [-0.05, 0) is 67.5 Å². The first-order valence-electron chi connectivity index (χ1n) is 9.40. The number of rotatable bonds is 4. The van der Waals surface area contributed by atoms with Crippen LogP contribution >= 0.6 is 11.7 Å². The summed E-state index contributed by atoms with van der Waals surface area (Å²) >= 11 is 1.09. The van der Waals surface area contributed by atoms with E-state index in [0.29, 0.717) is 36.8 Å². The molecule has 0 fully saturated rings. The van der Waals surface area contributed by atoms with Crippen LogP contribution in [-0.4, -0.2) is 58.6 Å². The molecule has 0 atom stereocenters. The van der Waals surface area contributed by atoms with E-state index in [4.69, 9.17) is 9.47 Å². The van der Waals surface area contributed by atoms with Gasteiger partial charge in [-0.1, -0.05) is 6.08 Å². The van der Waals surface area contributed by atoms with Crippen molar-refractivity contribution in [3.8, 4) is 17.3 Å². The van der Waals surface area contributed by atoms with Gasteiger partial charge < -0.3 is 14.4 Å². The van der Waals surface area contributed by atoms with Crippen LogP contribution in [-0.2, 0) is 4.74 Å². The number of carbonyl (C=O) groups is 1. The summed E-state index contributed by atoms with van der Waals surface area (Å²) in [5.41, 5.74) is 2.01. The van der Waals surface area contributed by atoms with Crippen LogP contribution in [0, 0.1) is 0 Å². The van der Waals surface area contributed by atoms with Gasteiger partial charge in [0, 0.05) is 13.1 Å². The van der Waals surface area contributed by atoms with Crippen molar-refractivity contribution in [1.29, 1.82) is 0 Å². The van der Waals surface area contributed by atoms with E-state index in [1.165, 1.54) is 6.33 Å². The molecule has 3 heterocycles. The van der Waals surface area contributed by atoms with Crippen molar-refractivity contribution >= 4 is 23.4 Å². The Kier molecular flexibility index (Phi) is 5.44. The predicted molar refractivity (Wildman–Crippen MR) is 110 cm³/mol. The van der Waals surface area contributed by atoms with Crippen molar-refractivity contribution in [3.63, 3.8) is 0 Å². The summed E-state index contributed by atoms with van der Waals surface area (Å²) in [4.78, 5) is 13.9. The van der Waals surface area contributed by atoms with Crippen LogP contribution in [0.25, 0.3) is 11.3 Å². The van der Waals surface area contributed by atoms with E-state index < -0.39 is 5.60 Å². The molecule has 0 saturated carbocycles. The fourth-order valence-electron chi connectivity index (χ4n) is 2.88. The highest BCUT2D eigenvalue weighted by Crippen LogP contribution is 2.32. The van der Waals surface area contributed by atoms with Crippen molar-refractivity contribution < 1.29 is 14.3 Å². The van der Waals surface area contributed by atoms with Gasteiger partial charge in [0.25, 0.3) is 5.88 Å². The number of hydrogen-bond donors (Lipinski definition) is 0. The zero-order valence-corrected chi connectivity index (χ0v) is 17.7. The lowest BCUT2D eigenvalue weighted by Crippen LogP contribution is -2.39. The van der Waals surface area contributed by atoms with Crippen LogP contribution in [0.2, 0.25) is 0 Å². The molecule has 0 radical (unpaired) electrons. The molecule has 0 bridgehead atoms. The molecule has 1 amide bonds. The van der Waals surface area contributed by atoms with Gasteiger partial charge in [0.2, 0.25) is 0 Å². The van der Waals surface area contributed by atoms with E-state index in [9.17, 15) is 4.79 Å². The maximum absolute atomic E-state index is 12.2. The molecule has 4 rings (SSSR count). The molecule has 3 aromatic rings. The first kappa shape index (κ1) is 20.0. The predicted octanol–water partition coefficient (Wildman–Crippen LogP) is 3.33. The van der Waals surface area contributed by atoms with Crippen LogP contribution < -0.4 is 4.74 Å². The summed E-state index contributed by atoms with van der Waals surface area (Å²) in [7, 11) is 0. The first-order valence-corrected chi connectivity index (χ1v) is 10.1. The molecule has 156 valence electrons. The summed E-state index contributed by atoms with van der Waals surface area (Å²) in [6, 6.07) is 7.34. The van der Waals surface area contributed by atoms with Crippen molar-refractivity contribution in [2.75, 3.05) is 13.1 Å². The molecule has 1 aliphatic rings. The maximum Gasteiger partial charge on any atom is 0.410 e. The third-order valence-electron chi connectivity index (χ3n) is 4.29. The molecule has 0 unspecified atom stereocenters. The highest BCUT2D eigenvalue weighted by molar-refractivity contribution is 6.99. The zero-order valence-electron chi connectivity index (χ0n) is 16.8. The number of aromatic nitrogens is 6. The van der Waals surface area contributed by atoms with Crippen molar-refractivity contribution in [2.45, 2.75) is 32.8 Å². The number of nitrogens with zero attached hydrogens (tertiary/aromatic N) is 7. The lowest BCUT2D eigenvalue weighted by atomic mass is 10.1. The largest absolute Gasteiger partial charge is 0.444 e. The summed E-state index contributed by atoms with van der Waals surface area (Å²) in [6.07, 6.45) is 3.83. The summed E-state index contributed by atoms with van der Waals surface area (Å²) < 4.78 is 21.6. The Hall–Kier alpha value is -3.34. The molecule has 0 spiro atoms. The monoisotopic (exact) mass is 427 g/mol. The molecule has 0 saturated heterocycles. The van der Waals surface area contributed by atoms with Gasteiger partial charge in [0.15, 0.2) is 0 Å². The average molecular weight is 427 g/mol. The van der Waals surface area contributed by atoms with Crippen LogP contribution in [0.3, 0.4) is 0 Å². The summed E-state index contributed by atoms with van der Waals surface area (Å²) in [6.45, 7) is 6.59. The van der Waals surface area contributed by atoms with Crippen LogP contribution in [0.5, 0.6) is 11.6 Å². The van der Waals surface area contributed by atoms with Gasteiger partial charge in [-0.25, -0.2) is 9.48 Å². The van der Waals surface area contributed by atoms with E-state index in [0.717, 1.165) is 23.0 Å². The van der Waals surface area contributed by atoms with Gasteiger partial charge in [0.05, 0.1) is 17.4 Å². The van der Waals surface area contributed by atoms with E-state index in [2.05, 4.69) is 24.3 Å².